The monoisotopic (exact) mass is 531 g/mol. The fraction of sp³-hybridized carbons (Fsp3) is 0.348. The number of phenolic OH excluding ortho intramolecular Hbond substituents is 1. The lowest BCUT2D eigenvalue weighted by molar-refractivity contribution is -0.197. The Kier molecular flexibility index (Phi) is 7.57. The van der Waals surface area contributed by atoms with Crippen molar-refractivity contribution in [2.75, 3.05) is 11.9 Å². The van der Waals surface area contributed by atoms with Crippen LogP contribution in [0.2, 0.25) is 0 Å². The number of anilines is 1. The van der Waals surface area contributed by atoms with Crippen molar-refractivity contribution in [1.82, 2.24) is 29.8 Å². The van der Waals surface area contributed by atoms with Crippen LogP contribution in [0, 0.1) is 11.6 Å². The van der Waals surface area contributed by atoms with E-state index in [1.807, 2.05) is 0 Å². The molecule has 0 saturated carbocycles. The van der Waals surface area contributed by atoms with Crippen LogP contribution < -0.4 is 5.32 Å². The first kappa shape index (κ1) is 26.5. The second-order valence-corrected chi connectivity index (χ2v) is 8.57. The summed E-state index contributed by atoms with van der Waals surface area (Å²) in [6.07, 6.45) is 4.08. The maximum Gasteiger partial charge on any atom is 0.334 e. The number of rotatable bonds is 10. The number of aromatic nitrogens is 5. The van der Waals surface area contributed by atoms with Crippen LogP contribution in [0.15, 0.2) is 37.3 Å². The van der Waals surface area contributed by atoms with Crippen LogP contribution >= 0.6 is 0 Å². The van der Waals surface area contributed by atoms with Gasteiger partial charge in [0.1, 0.15) is 36.1 Å². The first-order chi connectivity index (χ1) is 18.1. The smallest absolute Gasteiger partial charge is 0.334 e. The van der Waals surface area contributed by atoms with Gasteiger partial charge in [-0.1, -0.05) is 6.92 Å². The van der Waals surface area contributed by atoms with Crippen molar-refractivity contribution in [3.63, 3.8) is 0 Å². The summed E-state index contributed by atoms with van der Waals surface area (Å²) in [7, 11) is 0. The maximum atomic E-state index is 15.4. The number of benzene rings is 1. The summed E-state index contributed by atoms with van der Waals surface area (Å²) in [4.78, 5) is 51.1. The summed E-state index contributed by atoms with van der Waals surface area (Å²) >= 11 is 0. The average molecular weight is 531 g/mol. The van der Waals surface area contributed by atoms with Gasteiger partial charge in [0, 0.05) is 36.9 Å². The van der Waals surface area contributed by atoms with Gasteiger partial charge >= 0.3 is 5.97 Å². The summed E-state index contributed by atoms with van der Waals surface area (Å²) in [6.45, 7) is 0.931. The number of hydroxylamine groups is 2. The molecule has 0 spiro atoms. The molecule has 38 heavy (non-hydrogen) atoms. The third-order valence-corrected chi connectivity index (χ3v) is 6.09. The van der Waals surface area contributed by atoms with E-state index >= 15 is 4.39 Å². The van der Waals surface area contributed by atoms with Gasteiger partial charge in [0.15, 0.2) is 5.82 Å². The summed E-state index contributed by atoms with van der Waals surface area (Å²) in [5.74, 6) is -5.52. The SMILES string of the molecule is C[C@@H](c1ncncc1F)[C@](O)(Cn1cncn1)c1cc(O)c(NCCC(=O)ON2C(=O)CCC2=O)cc1F. The van der Waals surface area contributed by atoms with Crippen LogP contribution in [0.3, 0.4) is 0 Å². The van der Waals surface area contributed by atoms with E-state index in [1.165, 1.54) is 24.3 Å². The zero-order chi connectivity index (χ0) is 27.4. The Morgan fingerprint density at radius 3 is 2.58 bits per heavy atom. The van der Waals surface area contributed by atoms with Crippen molar-refractivity contribution in [3.05, 3.63) is 60.2 Å². The molecule has 4 rings (SSSR count). The zero-order valence-corrected chi connectivity index (χ0v) is 20.0. The third-order valence-electron chi connectivity index (χ3n) is 6.09. The van der Waals surface area contributed by atoms with E-state index in [2.05, 4.69) is 25.4 Å². The van der Waals surface area contributed by atoms with E-state index in [0.717, 1.165) is 24.7 Å². The van der Waals surface area contributed by atoms with E-state index in [9.17, 15) is 29.0 Å². The Morgan fingerprint density at radius 1 is 1.18 bits per heavy atom. The molecule has 2 atom stereocenters. The van der Waals surface area contributed by atoms with Gasteiger partial charge in [-0.05, 0) is 6.07 Å². The van der Waals surface area contributed by atoms with Crippen LogP contribution in [0.5, 0.6) is 5.75 Å². The summed E-state index contributed by atoms with van der Waals surface area (Å²) < 4.78 is 31.1. The molecule has 200 valence electrons. The molecule has 3 heterocycles. The molecule has 1 aliphatic heterocycles. The molecule has 1 aromatic carbocycles. The number of nitrogens with zero attached hydrogens (tertiary/aromatic N) is 6. The fourth-order valence-electron chi connectivity index (χ4n) is 4.02. The van der Waals surface area contributed by atoms with Gasteiger partial charge < -0.3 is 20.4 Å². The number of halogens is 2. The topological polar surface area (TPSA) is 173 Å². The van der Waals surface area contributed by atoms with Gasteiger partial charge in [-0.3, -0.25) is 9.59 Å². The second kappa shape index (κ2) is 10.8. The minimum absolute atomic E-state index is 0.0460. The van der Waals surface area contributed by atoms with Gasteiger partial charge in [0.05, 0.1) is 30.5 Å². The molecule has 1 aliphatic rings. The van der Waals surface area contributed by atoms with Gasteiger partial charge in [0.2, 0.25) is 0 Å². The predicted octanol–water partition coefficient (Wildman–Crippen LogP) is 1.15. The van der Waals surface area contributed by atoms with Gasteiger partial charge in [0.25, 0.3) is 11.8 Å². The molecule has 0 unspecified atom stereocenters. The third kappa shape index (κ3) is 5.41. The van der Waals surface area contributed by atoms with Gasteiger partial charge in [-0.15, -0.1) is 5.06 Å². The molecule has 0 aliphatic carbocycles. The molecule has 2 amide bonds. The number of imide groups is 1. The molecule has 0 radical (unpaired) electrons. The number of phenols is 1. The molecule has 15 heteroatoms. The van der Waals surface area contributed by atoms with Crippen molar-refractivity contribution in [2.45, 2.75) is 44.2 Å². The van der Waals surface area contributed by atoms with Crippen LogP contribution in [0.25, 0.3) is 0 Å². The van der Waals surface area contributed by atoms with E-state index < -0.39 is 46.7 Å². The first-order valence-corrected chi connectivity index (χ1v) is 11.4. The molecule has 1 fully saturated rings. The van der Waals surface area contributed by atoms with Crippen molar-refractivity contribution in [3.8, 4) is 5.75 Å². The van der Waals surface area contributed by atoms with Crippen LogP contribution in [-0.2, 0) is 31.4 Å². The predicted molar refractivity (Wildman–Crippen MR) is 123 cm³/mol. The Bertz CT molecular complexity index is 1340. The van der Waals surface area contributed by atoms with Crippen molar-refractivity contribution in [2.24, 2.45) is 0 Å². The number of aromatic hydroxyl groups is 1. The lowest BCUT2D eigenvalue weighted by atomic mass is 9.79. The zero-order valence-electron chi connectivity index (χ0n) is 20.0. The average Bonchev–Trinajstić information content (AvgIpc) is 3.50. The summed E-state index contributed by atoms with van der Waals surface area (Å²) in [6, 6.07) is 1.88. The fourth-order valence-corrected chi connectivity index (χ4v) is 4.02. The molecule has 3 aromatic rings. The van der Waals surface area contributed by atoms with Crippen LogP contribution in [-0.4, -0.2) is 64.3 Å². The van der Waals surface area contributed by atoms with E-state index in [0.29, 0.717) is 5.06 Å². The van der Waals surface area contributed by atoms with Crippen molar-refractivity contribution in [1.29, 1.82) is 0 Å². The second-order valence-electron chi connectivity index (χ2n) is 8.57. The molecule has 1 saturated heterocycles. The minimum atomic E-state index is -2.15. The highest BCUT2D eigenvalue weighted by molar-refractivity contribution is 6.01. The summed E-state index contributed by atoms with van der Waals surface area (Å²) in [5, 5.41) is 29.3. The minimum Gasteiger partial charge on any atom is -0.506 e. The van der Waals surface area contributed by atoms with E-state index in [-0.39, 0.29) is 49.3 Å². The highest BCUT2D eigenvalue weighted by Gasteiger charge is 2.42. The van der Waals surface area contributed by atoms with Gasteiger partial charge in [-0.2, -0.15) is 5.10 Å². The molecule has 2 aromatic heterocycles. The molecule has 3 N–H and O–H groups in total. The number of nitrogens with one attached hydrogen (secondary N) is 1. The number of hydrogen-bond donors (Lipinski definition) is 3. The Morgan fingerprint density at radius 2 is 1.92 bits per heavy atom. The van der Waals surface area contributed by atoms with E-state index in [4.69, 9.17) is 4.84 Å². The van der Waals surface area contributed by atoms with Crippen LogP contribution in [0.4, 0.5) is 14.5 Å². The lowest BCUT2D eigenvalue weighted by Crippen LogP contribution is -2.39. The molecular weight excluding hydrogens is 508 g/mol. The molecule has 13 nitrogen and oxygen atoms in total. The maximum absolute atomic E-state index is 15.4. The standard InChI is InChI=1S/C23H23F2N7O6/c1-13(22-16(25)8-26-10-29-22)23(37,9-31-12-27-11-30-31)14-6-18(33)17(7-15(14)24)28-5-4-21(36)38-32-19(34)2-3-20(32)35/h6-8,10-13,28,33,37H,2-5,9H2,1H3/t13-,23+/m0/s1. The number of carbonyl (C=O) groups excluding carboxylic acids is 3. The Hall–Kier alpha value is -4.53. The van der Waals surface area contributed by atoms with Crippen molar-refractivity contribution >= 4 is 23.5 Å². The lowest BCUT2D eigenvalue weighted by Gasteiger charge is -2.34. The largest absolute Gasteiger partial charge is 0.506 e. The number of carbonyl (C=O) groups is 3. The van der Waals surface area contributed by atoms with Gasteiger partial charge in [-0.25, -0.2) is 33.2 Å². The summed E-state index contributed by atoms with van der Waals surface area (Å²) in [5.41, 5.74) is -2.82. The Balaban J connectivity index is 1.53. The first-order valence-electron chi connectivity index (χ1n) is 11.4. The van der Waals surface area contributed by atoms with E-state index in [1.54, 1.807) is 0 Å². The van der Waals surface area contributed by atoms with Crippen molar-refractivity contribution < 1.29 is 38.2 Å². The van der Waals surface area contributed by atoms with Crippen LogP contribution in [0.1, 0.15) is 43.4 Å². The normalized spacial score (nSPS) is 15.8. The molecular formula is C23H23F2N7O6. The highest BCUT2D eigenvalue weighted by Crippen LogP contribution is 2.42. The highest BCUT2D eigenvalue weighted by atomic mass is 19.1. The number of amides is 2. The quantitative estimate of drug-likeness (QED) is 0.253. The number of aliphatic hydroxyl groups is 1. The number of hydrogen-bond acceptors (Lipinski definition) is 11. The molecule has 0 bridgehead atoms. The Labute approximate surface area is 214 Å².